The van der Waals surface area contributed by atoms with E-state index in [2.05, 4.69) is 0 Å². The molecule has 7 aromatic rings. The van der Waals surface area contributed by atoms with E-state index in [1.165, 1.54) is 0 Å². The Morgan fingerprint density at radius 2 is 1.02 bits per heavy atom. The lowest BCUT2D eigenvalue weighted by Gasteiger charge is -2.20. The smallest absolute Gasteiger partial charge is 0.339 e. The molecular weight excluding hydrogens is 690 g/mol. The van der Waals surface area contributed by atoms with Crippen molar-refractivity contribution in [2.24, 2.45) is 0 Å². The highest BCUT2D eigenvalue weighted by atomic mass is 16.6. The summed E-state index contributed by atoms with van der Waals surface area (Å²) in [6, 6.07) is 33.2. The largest absolute Gasteiger partial charge is 0.459 e. The summed E-state index contributed by atoms with van der Waals surface area (Å²) in [7, 11) is 0. The van der Waals surface area contributed by atoms with Crippen LogP contribution in [0.25, 0.3) is 43.1 Å². The van der Waals surface area contributed by atoms with Gasteiger partial charge in [-0.1, -0.05) is 104 Å². The number of hydrogen-bond acceptors (Lipinski definition) is 9. The maximum Gasteiger partial charge on any atom is 0.339 e. The summed E-state index contributed by atoms with van der Waals surface area (Å²) in [5, 5.41) is 27.2. The van der Waals surface area contributed by atoms with E-state index in [-0.39, 0.29) is 12.1 Å². The van der Waals surface area contributed by atoms with Gasteiger partial charge in [-0.3, -0.25) is 0 Å². The van der Waals surface area contributed by atoms with Crippen molar-refractivity contribution in [3.05, 3.63) is 152 Å². The van der Waals surface area contributed by atoms with E-state index in [4.69, 9.17) is 9.47 Å². The molecule has 2 atom stereocenters. The third kappa shape index (κ3) is 6.80. The molecule has 2 unspecified atom stereocenters. The number of aliphatic hydroxyl groups is 2. The molecule has 0 saturated carbocycles. The lowest BCUT2D eigenvalue weighted by molar-refractivity contribution is 0.00739. The second kappa shape index (κ2) is 15.3. The predicted octanol–water partition coefficient (Wildman–Crippen LogP) is 4.63. The van der Waals surface area contributed by atoms with Crippen molar-refractivity contribution in [1.82, 2.24) is 13.7 Å². The predicted molar refractivity (Wildman–Crippen MR) is 205 cm³/mol. The lowest BCUT2D eigenvalue weighted by Crippen LogP contribution is -2.56. The summed E-state index contributed by atoms with van der Waals surface area (Å²) in [4.78, 5) is 68.1. The number of esters is 2. The number of fused-ring (bicyclic) bond motifs is 4. The van der Waals surface area contributed by atoms with Gasteiger partial charge in [-0.2, -0.15) is 0 Å². The van der Waals surface area contributed by atoms with E-state index in [1.54, 1.807) is 55.5 Å². The Morgan fingerprint density at radius 3 is 1.46 bits per heavy atom. The average molecular weight is 728 g/mol. The van der Waals surface area contributed by atoms with Gasteiger partial charge in [0.25, 0.3) is 0 Å². The summed E-state index contributed by atoms with van der Waals surface area (Å²) in [5.74, 6) is -1.47. The first-order valence-electron chi connectivity index (χ1n) is 17.6. The second-order valence-electron chi connectivity index (χ2n) is 13.1. The van der Waals surface area contributed by atoms with Crippen LogP contribution in [0.3, 0.4) is 0 Å². The molecule has 0 saturated heterocycles. The Hall–Kier alpha value is -6.37. The summed E-state index contributed by atoms with van der Waals surface area (Å²) in [6.45, 7) is -0.811. The van der Waals surface area contributed by atoms with Gasteiger partial charge >= 0.3 is 29.0 Å². The molecule has 0 aliphatic heterocycles. The maximum absolute atomic E-state index is 13.8. The molecule has 0 spiro atoms. The topological polar surface area (TPSA) is 159 Å². The van der Waals surface area contributed by atoms with Crippen molar-refractivity contribution in [3.63, 3.8) is 0 Å². The van der Waals surface area contributed by atoms with Gasteiger partial charge in [-0.05, 0) is 61.6 Å². The Morgan fingerprint density at radius 1 is 0.611 bits per heavy atom. The third-order valence-corrected chi connectivity index (χ3v) is 9.45. The Bertz CT molecular complexity index is 2640. The van der Waals surface area contributed by atoms with E-state index in [0.717, 1.165) is 26.1 Å². The van der Waals surface area contributed by atoms with E-state index in [1.807, 2.05) is 60.7 Å². The van der Waals surface area contributed by atoms with E-state index in [0.29, 0.717) is 42.7 Å². The molecule has 0 aliphatic carbocycles. The quantitative estimate of drug-likeness (QED) is 0.135. The Kier molecular flexibility index (Phi) is 10.2. The summed E-state index contributed by atoms with van der Waals surface area (Å²) >= 11 is 0. The van der Waals surface area contributed by atoms with Crippen LogP contribution in [0.5, 0.6) is 0 Å². The zero-order chi connectivity index (χ0) is 37.9. The molecule has 0 radical (unpaired) electrons. The first kappa shape index (κ1) is 36.0. The molecule has 274 valence electrons. The van der Waals surface area contributed by atoms with Crippen molar-refractivity contribution in [3.8, 4) is 0 Å². The van der Waals surface area contributed by atoms with Gasteiger partial charge in [0.1, 0.15) is 18.8 Å². The van der Waals surface area contributed by atoms with Crippen molar-refractivity contribution < 1.29 is 29.3 Å². The fraction of sp³-hybridized carbons (Fsp3) is 0.214. The number of rotatable bonds is 12. The molecular formula is C42H37N3O9. The molecule has 0 amide bonds. The highest BCUT2D eigenvalue weighted by molar-refractivity contribution is 6.17. The molecule has 0 fully saturated rings. The number of hydrogen-bond donors (Lipinski definition) is 2. The first-order valence-corrected chi connectivity index (χ1v) is 17.6. The number of carbonyl (C=O) groups is 2. The molecule has 6 aromatic carbocycles. The molecule has 0 bridgehead atoms. The van der Waals surface area contributed by atoms with Gasteiger partial charge in [0.15, 0.2) is 0 Å². The van der Waals surface area contributed by atoms with Crippen LogP contribution < -0.4 is 17.1 Å². The van der Waals surface area contributed by atoms with Gasteiger partial charge in [-0.15, -0.1) is 0 Å². The van der Waals surface area contributed by atoms with Gasteiger partial charge < -0.3 is 19.7 Å². The fourth-order valence-corrected chi connectivity index (χ4v) is 6.93. The Labute approximate surface area is 307 Å². The zero-order valence-electron chi connectivity index (χ0n) is 29.4. The molecule has 1 heterocycles. The van der Waals surface area contributed by atoms with Crippen LogP contribution >= 0.6 is 0 Å². The second-order valence-corrected chi connectivity index (χ2v) is 13.1. The standard InChI is InChI=1S/C42H37N3O9/c1-2-19-43-40(50)44(22-30(47)25-53-38(48)36-32-15-7-3-11-26(32)20-27-12-4-8-16-33(27)36)42(52)45(41(43)51)23-31(24-46)54-39(49)37-34-17-9-5-13-28(34)21-29-14-6-10-18-35(29)37/h3-18,20-21,30-31,46-47H,2,19,22-25H2,1H3. The minimum atomic E-state index is -1.52. The van der Waals surface area contributed by atoms with Crippen LogP contribution in [0.15, 0.2) is 124 Å². The molecule has 2 N–H and O–H groups in total. The molecule has 12 heteroatoms. The van der Waals surface area contributed by atoms with E-state index >= 15 is 0 Å². The average Bonchev–Trinajstić information content (AvgIpc) is 3.19. The highest BCUT2D eigenvalue weighted by Gasteiger charge is 2.25. The van der Waals surface area contributed by atoms with Crippen molar-refractivity contribution in [1.29, 1.82) is 0 Å². The fourth-order valence-electron chi connectivity index (χ4n) is 6.93. The normalized spacial score (nSPS) is 12.6. The van der Waals surface area contributed by atoms with Crippen molar-refractivity contribution in [2.75, 3.05) is 13.2 Å². The zero-order valence-corrected chi connectivity index (χ0v) is 29.4. The van der Waals surface area contributed by atoms with Crippen LogP contribution in [0.2, 0.25) is 0 Å². The van der Waals surface area contributed by atoms with Crippen LogP contribution in [0.1, 0.15) is 34.1 Å². The molecule has 54 heavy (non-hydrogen) atoms. The van der Waals surface area contributed by atoms with Crippen LogP contribution in [-0.4, -0.2) is 61.3 Å². The minimum Gasteiger partial charge on any atom is -0.459 e. The molecule has 0 aliphatic rings. The summed E-state index contributed by atoms with van der Waals surface area (Å²) in [6.07, 6.45) is -2.52. The number of aromatic nitrogens is 3. The number of benzene rings is 6. The number of nitrogens with zero attached hydrogens (tertiary/aromatic N) is 3. The van der Waals surface area contributed by atoms with Gasteiger partial charge in [-0.25, -0.2) is 37.7 Å². The first-order chi connectivity index (χ1) is 26.2. The van der Waals surface area contributed by atoms with E-state index < -0.39 is 67.5 Å². The molecule has 1 aromatic heterocycles. The summed E-state index contributed by atoms with van der Waals surface area (Å²) in [5.41, 5.74) is -2.44. The van der Waals surface area contributed by atoms with Gasteiger partial charge in [0.2, 0.25) is 0 Å². The number of carbonyl (C=O) groups excluding carboxylic acids is 2. The van der Waals surface area contributed by atoms with Crippen molar-refractivity contribution in [2.45, 2.75) is 45.2 Å². The SMILES string of the molecule is CCCn1c(=O)n(CC(O)COC(=O)c2c3ccccc3cc3ccccc23)c(=O)n(CC(CO)OC(=O)c2c3ccccc3cc3ccccc23)c1=O. The lowest BCUT2D eigenvalue weighted by atomic mass is 9.97. The minimum absolute atomic E-state index is 0.0528. The van der Waals surface area contributed by atoms with Crippen molar-refractivity contribution >= 4 is 55.0 Å². The number of ether oxygens (including phenoxy) is 2. The van der Waals surface area contributed by atoms with Crippen LogP contribution in [0, 0.1) is 0 Å². The molecule has 7 rings (SSSR count). The monoisotopic (exact) mass is 727 g/mol. The Balaban J connectivity index is 1.15. The highest BCUT2D eigenvalue weighted by Crippen LogP contribution is 2.30. The van der Waals surface area contributed by atoms with Gasteiger partial charge in [0.05, 0.1) is 30.8 Å². The van der Waals surface area contributed by atoms with Crippen LogP contribution in [0.4, 0.5) is 0 Å². The molecule has 12 nitrogen and oxygen atoms in total. The maximum atomic E-state index is 13.8. The summed E-state index contributed by atoms with van der Waals surface area (Å²) < 4.78 is 13.5. The van der Waals surface area contributed by atoms with Crippen LogP contribution in [-0.2, 0) is 29.1 Å². The third-order valence-electron chi connectivity index (χ3n) is 9.45. The van der Waals surface area contributed by atoms with E-state index in [9.17, 15) is 34.2 Å². The van der Waals surface area contributed by atoms with Gasteiger partial charge in [0, 0.05) is 6.54 Å². The number of aliphatic hydroxyl groups excluding tert-OH is 2.